The molecule has 7 heteroatoms. The topological polar surface area (TPSA) is 102 Å². The molecule has 2 N–H and O–H groups in total. The van der Waals surface area contributed by atoms with E-state index in [2.05, 4.69) is 29.6 Å². The van der Waals surface area contributed by atoms with E-state index in [0.29, 0.717) is 38.9 Å². The van der Waals surface area contributed by atoms with E-state index in [0.717, 1.165) is 34.2 Å². The first-order valence-corrected chi connectivity index (χ1v) is 14.4. The number of ether oxygens (including phenoxy) is 2. The smallest absolute Gasteiger partial charge is 0.306 e. The Morgan fingerprint density at radius 2 is 1.40 bits per heavy atom. The molecule has 1 aliphatic carbocycles. The second-order valence-electron chi connectivity index (χ2n) is 10.4. The van der Waals surface area contributed by atoms with Crippen LogP contribution in [-0.4, -0.2) is 55.7 Å². The molecular formula is C36H47NO6. The molecule has 43 heavy (non-hydrogen) atoms. The van der Waals surface area contributed by atoms with Crippen LogP contribution in [0.3, 0.4) is 0 Å². The summed E-state index contributed by atoms with van der Waals surface area (Å²) < 4.78 is 11.2. The predicted octanol–water partition coefficient (Wildman–Crippen LogP) is 6.12. The molecule has 1 atom stereocenters. The SMILES string of the molecule is C.C.O=C(CCCCOCCCO)CNC(=O)C(CC(=O)OCC1c2ccccc2-c2ccccc21)Cc1ccccc1. The van der Waals surface area contributed by atoms with Gasteiger partial charge in [-0.1, -0.05) is 93.7 Å². The quantitative estimate of drug-likeness (QED) is 0.145. The zero-order valence-corrected chi connectivity index (χ0v) is 23.4. The first-order valence-electron chi connectivity index (χ1n) is 14.4. The van der Waals surface area contributed by atoms with Crippen LogP contribution < -0.4 is 5.32 Å². The Kier molecular flexibility index (Phi) is 15.4. The number of benzene rings is 3. The van der Waals surface area contributed by atoms with Crippen LogP contribution in [0.15, 0.2) is 78.9 Å². The molecule has 1 unspecified atom stereocenters. The number of esters is 1. The molecule has 1 aliphatic rings. The zero-order chi connectivity index (χ0) is 28.9. The van der Waals surface area contributed by atoms with E-state index >= 15 is 0 Å². The highest BCUT2D eigenvalue weighted by Gasteiger charge is 2.30. The van der Waals surface area contributed by atoms with Crippen LogP contribution in [0, 0.1) is 5.92 Å². The minimum absolute atomic E-state index is 0. The molecule has 0 heterocycles. The van der Waals surface area contributed by atoms with E-state index in [4.69, 9.17) is 14.6 Å². The van der Waals surface area contributed by atoms with Gasteiger partial charge in [0.25, 0.3) is 0 Å². The summed E-state index contributed by atoms with van der Waals surface area (Å²) in [7, 11) is 0. The van der Waals surface area contributed by atoms with E-state index in [1.807, 2.05) is 54.6 Å². The zero-order valence-electron chi connectivity index (χ0n) is 23.4. The van der Waals surface area contributed by atoms with E-state index in [1.165, 1.54) is 0 Å². The highest BCUT2D eigenvalue weighted by molar-refractivity contribution is 5.89. The van der Waals surface area contributed by atoms with E-state index in [1.54, 1.807) is 0 Å². The third kappa shape index (κ3) is 10.4. The molecule has 0 aliphatic heterocycles. The summed E-state index contributed by atoms with van der Waals surface area (Å²) in [5, 5.41) is 11.5. The lowest BCUT2D eigenvalue weighted by Crippen LogP contribution is -2.37. The van der Waals surface area contributed by atoms with Crippen LogP contribution in [0.2, 0.25) is 0 Å². The third-order valence-electron chi connectivity index (χ3n) is 7.38. The minimum atomic E-state index is -0.652. The molecule has 4 rings (SSSR count). The summed E-state index contributed by atoms with van der Waals surface area (Å²) in [5.74, 6) is -1.53. The number of amides is 1. The normalized spacial score (nSPS) is 12.2. The Morgan fingerprint density at radius 3 is 2.05 bits per heavy atom. The number of rotatable bonds is 17. The Morgan fingerprint density at radius 1 is 0.791 bits per heavy atom. The van der Waals surface area contributed by atoms with Gasteiger partial charge < -0.3 is 19.9 Å². The van der Waals surface area contributed by atoms with Crippen molar-refractivity contribution in [2.75, 3.05) is 33.0 Å². The van der Waals surface area contributed by atoms with Gasteiger partial charge in [0.15, 0.2) is 5.78 Å². The molecule has 0 radical (unpaired) electrons. The van der Waals surface area contributed by atoms with Crippen LogP contribution in [0.5, 0.6) is 0 Å². The molecular weight excluding hydrogens is 542 g/mol. The van der Waals surface area contributed by atoms with Gasteiger partial charge in [-0.2, -0.15) is 0 Å². The van der Waals surface area contributed by atoms with Crippen LogP contribution in [-0.2, 0) is 30.3 Å². The lowest BCUT2D eigenvalue weighted by atomic mass is 9.95. The van der Waals surface area contributed by atoms with E-state index < -0.39 is 11.9 Å². The molecule has 3 aromatic carbocycles. The van der Waals surface area contributed by atoms with Gasteiger partial charge in [-0.15, -0.1) is 0 Å². The number of aliphatic hydroxyl groups is 1. The molecule has 3 aromatic rings. The molecule has 0 aromatic heterocycles. The number of Topliss-reactive ketones (excluding diaryl/α,β-unsaturated/α-hetero) is 1. The highest BCUT2D eigenvalue weighted by atomic mass is 16.5. The maximum absolute atomic E-state index is 13.1. The van der Waals surface area contributed by atoms with Crippen LogP contribution in [0.1, 0.15) is 69.6 Å². The summed E-state index contributed by atoms with van der Waals surface area (Å²) in [6.07, 6.45) is 2.65. The van der Waals surface area contributed by atoms with Gasteiger partial charge in [-0.25, -0.2) is 0 Å². The number of unbranched alkanes of at least 4 members (excludes halogenated alkanes) is 1. The van der Waals surface area contributed by atoms with E-state index in [-0.39, 0.29) is 58.6 Å². The fourth-order valence-corrected chi connectivity index (χ4v) is 5.25. The van der Waals surface area contributed by atoms with Crippen molar-refractivity contribution in [1.82, 2.24) is 5.32 Å². The molecule has 1 amide bonds. The molecule has 232 valence electrons. The van der Waals surface area contributed by atoms with Crippen molar-refractivity contribution < 1.29 is 29.0 Å². The first kappa shape index (κ1) is 35.4. The highest BCUT2D eigenvalue weighted by Crippen LogP contribution is 2.44. The van der Waals surface area contributed by atoms with Gasteiger partial charge in [0.1, 0.15) is 6.61 Å². The maximum Gasteiger partial charge on any atom is 0.306 e. The van der Waals surface area contributed by atoms with E-state index in [9.17, 15) is 14.4 Å². The lowest BCUT2D eigenvalue weighted by molar-refractivity contribution is -0.147. The fourth-order valence-electron chi connectivity index (χ4n) is 5.25. The Bertz CT molecular complexity index is 1250. The lowest BCUT2D eigenvalue weighted by Gasteiger charge is -2.18. The number of nitrogens with one attached hydrogen (secondary N) is 1. The molecule has 0 bridgehead atoms. The molecule has 0 spiro atoms. The van der Waals surface area contributed by atoms with Gasteiger partial charge in [0.2, 0.25) is 5.91 Å². The summed E-state index contributed by atoms with van der Waals surface area (Å²) >= 11 is 0. The van der Waals surface area contributed by atoms with Gasteiger partial charge in [0, 0.05) is 32.2 Å². The van der Waals surface area contributed by atoms with Crippen LogP contribution >= 0.6 is 0 Å². The van der Waals surface area contributed by atoms with Crippen LogP contribution in [0.4, 0.5) is 0 Å². The maximum atomic E-state index is 13.1. The van der Waals surface area contributed by atoms with Gasteiger partial charge >= 0.3 is 5.97 Å². The molecule has 0 fully saturated rings. The van der Waals surface area contributed by atoms with Crippen molar-refractivity contribution in [2.24, 2.45) is 5.92 Å². The number of aliphatic hydroxyl groups excluding tert-OH is 1. The molecule has 7 nitrogen and oxygen atoms in total. The van der Waals surface area contributed by atoms with Gasteiger partial charge in [0.05, 0.1) is 18.9 Å². The van der Waals surface area contributed by atoms with Crippen LogP contribution in [0.25, 0.3) is 11.1 Å². The van der Waals surface area contributed by atoms with Crippen molar-refractivity contribution in [1.29, 1.82) is 0 Å². The Labute approximate surface area is 256 Å². The van der Waals surface area contributed by atoms with Crippen molar-refractivity contribution in [2.45, 2.75) is 59.3 Å². The standard InChI is InChI=1S/C34H39NO6.2CH4/c36-18-10-20-40-19-9-8-13-27(37)23-35-34(39)26(21-25-11-2-1-3-12-25)22-33(38)41-24-32-30-16-6-4-14-28(30)29-15-5-7-17-31(29)32;;/h1-7,11-12,14-17,26,32,36H,8-10,13,18-24H2,(H,35,39);2*1H4. The van der Waals surface area contributed by atoms with Crippen molar-refractivity contribution in [3.8, 4) is 11.1 Å². The second kappa shape index (κ2) is 18.7. The largest absolute Gasteiger partial charge is 0.465 e. The Hall–Kier alpha value is -3.81. The summed E-state index contributed by atoms with van der Waals surface area (Å²) in [6.45, 7) is 1.28. The minimum Gasteiger partial charge on any atom is -0.465 e. The first-order chi connectivity index (χ1) is 20.1. The number of hydrogen-bond acceptors (Lipinski definition) is 6. The third-order valence-corrected chi connectivity index (χ3v) is 7.38. The average molecular weight is 590 g/mol. The summed E-state index contributed by atoms with van der Waals surface area (Å²) in [4.78, 5) is 38.5. The molecule has 0 saturated carbocycles. The predicted molar refractivity (Wildman–Crippen MR) is 171 cm³/mol. The van der Waals surface area contributed by atoms with Crippen molar-refractivity contribution >= 4 is 17.7 Å². The monoisotopic (exact) mass is 589 g/mol. The van der Waals surface area contributed by atoms with Crippen molar-refractivity contribution in [3.63, 3.8) is 0 Å². The van der Waals surface area contributed by atoms with Crippen molar-refractivity contribution in [3.05, 3.63) is 95.6 Å². The fraction of sp³-hybridized carbons (Fsp3) is 0.417. The second-order valence-corrected chi connectivity index (χ2v) is 10.4. The number of carbonyl (C=O) groups excluding carboxylic acids is 3. The van der Waals surface area contributed by atoms with Gasteiger partial charge in [-0.3, -0.25) is 14.4 Å². The van der Waals surface area contributed by atoms with Gasteiger partial charge in [-0.05, 0) is 53.5 Å². The number of fused-ring (bicyclic) bond motifs is 3. The number of ketones is 1. The number of carbonyl (C=O) groups is 3. The summed E-state index contributed by atoms with van der Waals surface area (Å²) in [5.41, 5.74) is 5.52. The number of hydrogen-bond donors (Lipinski definition) is 2. The Balaban J connectivity index is 0.00000323. The summed E-state index contributed by atoms with van der Waals surface area (Å²) in [6, 6.07) is 25.9. The molecule has 0 saturated heterocycles. The average Bonchev–Trinajstić information content (AvgIpc) is 3.32.